The molecule has 2 amide bonds. The molecule has 1 atom stereocenters. The van der Waals surface area contributed by atoms with Gasteiger partial charge in [-0.15, -0.1) is 0 Å². The molecule has 1 unspecified atom stereocenters. The number of anilines is 1. The zero-order chi connectivity index (χ0) is 24.8. The number of rotatable bonds is 9. The number of fused-ring (bicyclic) bond motifs is 1. The summed E-state index contributed by atoms with van der Waals surface area (Å²) < 4.78 is 11.3. The average Bonchev–Trinajstić information content (AvgIpc) is 3.19. The van der Waals surface area contributed by atoms with Crippen LogP contribution in [0.4, 0.5) is 5.69 Å². The lowest BCUT2D eigenvalue weighted by atomic mass is 10.1. The first-order chi connectivity index (χ1) is 17.0. The van der Waals surface area contributed by atoms with E-state index in [9.17, 15) is 9.59 Å². The summed E-state index contributed by atoms with van der Waals surface area (Å²) in [6, 6.07) is 21.1. The highest BCUT2D eigenvalue weighted by Gasteiger charge is 2.31. The van der Waals surface area contributed by atoms with Gasteiger partial charge in [0.1, 0.15) is 0 Å². The molecule has 0 aliphatic carbocycles. The molecule has 1 aliphatic rings. The van der Waals surface area contributed by atoms with Crippen molar-refractivity contribution in [3.05, 3.63) is 89.0 Å². The van der Waals surface area contributed by atoms with Crippen molar-refractivity contribution in [3.63, 3.8) is 0 Å². The summed E-state index contributed by atoms with van der Waals surface area (Å²) in [6.45, 7) is 7.37. The standard InChI is InChI=1S/C29H32N2O4/c1-4-34-26-14-12-21(17-27(26)35-5-2)18-28(32)30-19-22-11-13-24-15-20(3)31(25(24)16-22)29(33)23-9-7-6-8-10-23/h6-14,16-17,20H,4-5,15,18-19H2,1-3H3,(H,30,32). The van der Waals surface area contributed by atoms with E-state index in [0.717, 1.165) is 28.8 Å². The summed E-state index contributed by atoms with van der Waals surface area (Å²) in [7, 11) is 0. The van der Waals surface area contributed by atoms with Crippen LogP contribution in [-0.4, -0.2) is 31.1 Å². The first-order valence-electron chi connectivity index (χ1n) is 12.2. The maximum Gasteiger partial charge on any atom is 0.258 e. The Balaban J connectivity index is 1.42. The fraction of sp³-hybridized carbons (Fsp3) is 0.310. The van der Waals surface area contributed by atoms with Gasteiger partial charge in [-0.3, -0.25) is 9.59 Å². The first kappa shape index (κ1) is 24.3. The quantitative estimate of drug-likeness (QED) is 0.479. The summed E-state index contributed by atoms with van der Waals surface area (Å²) >= 11 is 0. The second-order valence-corrected chi connectivity index (χ2v) is 8.66. The molecule has 0 radical (unpaired) electrons. The second kappa shape index (κ2) is 11.1. The van der Waals surface area contributed by atoms with Crippen molar-refractivity contribution in [1.82, 2.24) is 5.32 Å². The second-order valence-electron chi connectivity index (χ2n) is 8.66. The van der Waals surface area contributed by atoms with Crippen molar-refractivity contribution in [2.45, 2.75) is 46.2 Å². The Labute approximate surface area is 206 Å². The van der Waals surface area contributed by atoms with Crippen LogP contribution in [0.5, 0.6) is 11.5 Å². The molecule has 182 valence electrons. The third-order valence-corrected chi connectivity index (χ3v) is 6.07. The molecule has 6 nitrogen and oxygen atoms in total. The topological polar surface area (TPSA) is 67.9 Å². The Morgan fingerprint density at radius 3 is 2.37 bits per heavy atom. The van der Waals surface area contributed by atoms with Gasteiger partial charge >= 0.3 is 0 Å². The Hall–Kier alpha value is -3.80. The number of ether oxygens (including phenoxy) is 2. The molecule has 0 fully saturated rings. The molecule has 35 heavy (non-hydrogen) atoms. The van der Waals surface area contributed by atoms with E-state index in [0.29, 0.717) is 36.8 Å². The minimum atomic E-state index is -0.0808. The monoisotopic (exact) mass is 472 g/mol. The van der Waals surface area contributed by atoms with Crippen molar-refractivity contribution in [3.8, 4) is 11.5 Å². The lowest BCUT2D eigenvalue weighted by Gasteiger charge is -2.23. The maximum atomic E-state index is 13.2. The fourth-order valence-corrected chi connectivity index (χ4v) is 4.45. The normalized spacial score (nSPS) is 14.4. The van der Waals surface area contributed by atoms with E-state index >= 15 is 0 Å². The summed E-state index contributed by atoms with van der Waals surface area (Å²) in [5.74, 6) is 1.25. The van der Waals surface area contributed by atoms with Crippen LogP contribution in [0.25, 0.3) is 0 Å². The van der Waals surface area contributed by atoms with Crippen LogP contribution in [0.3, 0.4) is 0 Å². The molecule has 0 spiro atoms. The molecule has 6 heteroatoms. The van der Waals surface area contributed by atoms with Crippen molar-refractivity contribution in [1.29, 1.82) is 0 Å². The molecule has 4 rings (SSSR count). The third-order valence-electron chi connectivity index (χ3n) is 6.07. The average molecular weight is 473 g/mol. The molecular weight excluding hydrogens is 440 g/mol. The molecule has 1 aliphatic heterocycles. The van der Waals surface area contributed by atoms with Crippen LogP contribution in [0, 0.1) is 0 Å². The Morgan fingerprint density at radius 1 is 0.914 bits per heavy atom. The smallest absolute Gasteiger partial charge is 0.258 e. The van der Waals surface area contributed by atoms with Crippen molar-refractivity contribution in [2.75, 3.05) is 18.1 Å². The van der Waals surface area contributed by atoms with Gasteiger partial charge in [0.15, 0.2) is 11.5 Å². The highest BCUT2D eigenvalue weighted by Crippen LogP contribution is 2.34. The molecule has 1 heterocycles. The van der Waals surface area contributed by atoms with E-state index in [-0.39, 0.29) is 24.3 Å². The van der Waals surface area contributed by atoms with Crippen LogP contribution >= 0.6 is 0 Å². The highest BCUT2D eigenvalue weighted by molar-refractivity contribution is 6.07. The van der Waals surface area contributed by atoms with Crippen molar-refractivity contribution in [2.24, 2.45) is 0 Å². The molecule has 3 aromatic rings. The molecule has 0 saturated heterocycles. The van der Waals surface area contributed by atoms with Crippen molar-refractivity contribution >= 4 is 17.5 Å². The van der Waals surface area contributed by atoms with Gasteiger partial charge in [0, 0.05) is 23.8 Å². The van der Waals surface area contributed by atoms with Crippen LogP contribution in [-0.2, 0) is 24.2 Å². The summed E-state index contributed by atoms with van der Waals surface area (Å²) in [4.78, 5) is 27.7. The predicted molar refractivity (Wildman–Crippen MR) is 137 cm³/mol. The van der Waals surface area contributed by atoms with E-state index < -0.39 is 0 Å². The number of carbonyl (C=O) groups excluding carboxylic acids is 2. The van der Waals surface area contributed by atoms with Crippen LogP contribution in [0.2, 0.25) is 0 Å². The van der Waals surface area contributed by atoms with Gasteiger partial charge in [-0.25, -0.2) is 0 Å². The number of nitrogens with zero attached hydrogens (tertiary/aromatic N) is 1. The lowest BCUT2D eigenvalue weighted by molar-refractivity contribution is -0.120. The predicted octanol–water partition coefficient (Wildman–Crippen LogP) is 4.93. The van der Waals surface area contributed by atoms with E-state index in [4.69, 9.17) is 9.47 Å². The zero-order valence-corrected chi connectivity index (χ0v) is 20.5. The van der Waals surface area contributed by atoms with Crippen LogP contribution < -0.4 is 19.7 Å². The fourth-order valence-electron chi connectivity index (χ4n) is 4.45. The van der Waals surface area contributed by atoms with Crippen molar-refractivity contribution < 1.29 is 19.1 Å². The third kappa shape index (κ3) is 5.65. The van der Waals surface area contributed by atoms with E-state index in [1.54, 1.807) is 0 Å². The minimum Gasteiger partial charge on any atom is -0.490 e. The number of carbonyl (C=O) groups is 2. The summed E-state index contributed by atoms with van der Waals surface area (Å²) in [5.41, 5.74) is 4.56. The van der Waals surface area contributed by atoms with E-state index in [1.807, 2.05) is 79.4 Å². The van der Waals surface area contributed by atoms with Crippen LogP contribution in [0.15, 0.2) is 66.7 Å². The van der Waals surface area contributed by atoms with Gasteiger partial charge in [0.05, 0.1) is 19.6 Å². The lowest BCUT2D eigenvalue weighted by Crippen LogP contribution is -2.35. The summed E-state index contributed by atoms with van der Waals surface area (Å²) in [6.07, 6.45) is 1.06. The molecule has 0 saturated carbocycles. The van der Waals surface area contributed by atoms with Crippen LogP contribution in [0.1, 0.15) is 47.8 Å². The molecule has 3 aromatic carbocycles. The molecule has 0 aromatic heterocycles. The van der Waals surface area contributed by atoms with Gasteiger partial charge < -0.3 is 19.7 Å². The zero-order valence-electron chi connectivity index (χ0n) is 20.5. The van der Waals surface area contributed by atoms with Gasteiger partial charge in [0.2, 0.25) is 5.91 Å². The van der Waals surface area contributed by atoms with E-state index in [2.05, 4.69) is 18.3 Å². The molecule has 1 N–H and O–H groups in total. The van der Waals surface area contributed by atoms with Gasteiger partial charge in [-0.2, -0.15) is 0 Å². The first-order valence-corrected chi connectivity index (χ1v) is 12.2. The molecular formula is C29H32N2O4. The Morgan fingerprint density at radius 2 is 1.63 bits per heavy atom. The number of benzene rings is 3. The number of hydrogen-bond acceptors (Lipinski definition) is 4. The highest BCUT2D eigenvalue weighted by atomic mass is 16.5. The van der Waals surface area contributed by atoms with E-state index in [1.165, 1.54) is 0 Å². The Bertz CT molecular complexity index is 1190. The Kier molecular flexibility index (Phi) is 7.70. The van der Waals surface area contributed by atoms with Gasteiger partial charge in [-0.1, -0.05) is 36.4 Å². The molecule has 0 bridgehead atoms. The minimum absolute atomic E-state index is 0.00126. The largest absolute Gasteiger partial charge is 0.490 e. The number of amides is 2. The maximum absolute atomic E-state index is 13.2. The SMILES string of the molecule is CCOc1ccc(CC(=O)NCc2ccc3c(c2)N(C(=O)c2ccccc2)C(C)C3)cc1OCC. The number of hydrogen-bond donors (Lipinski definition) is 1. The number of nitrogens with one attached hydrogen (secondary N) is 1. The van der Waals surface area contributed by atoms with Gasteiger partial charge in [0.25, 0.3) is 5.91 Å². The summed E-state index contributed by atoms with van der Waals surface area (Å²) in [5, 5.41) is 3.00. The van der Waals surface area contributed by atoms with Gasteiger partial charge in [-0.05, 0) is 74.2 Å².